The van der Waals surface area contributed by atoms with Crippen LogP contribution in [-0.2, 0) is 9.84 Å². The van der Waals surface area contributed by atoms with E-state index in [4.69, 9.17) is 5.73 Å². The maximum Gasteiger partial charge on any atom is 0.341 e. The Morgan fingerprint density at radius 3 is 2.46 bits per heavy atom. The van der Waals surface area contributed by atoms with E-state index in [2.05, 4.69) is 0 Å². The number of halogens is 3. The molecule has 0 saturated carbocycles. The highest BCUT2D eigenvalue weighted by molar-refractivity contribution is 7.92. The van der Waals surface area contributed by atoms with E-state index in [1.165, 1.54) is 10.3 Å². The van der Waals surface area contributed by atoms with Crippen LogP contribution in [0.1, 0.15) is 21.2 Å². The monoisotopic (exact) mass is 422 g/mol. The molecule has 0 bridgehead atoms. The van der Waals surface area contributed by atoms with Gasteiger partial charge < -0.3 is 10.6 Å². The number of alkyl halides is 2. The Balaban J connectivity index is 0.00000243. The van der Waals surface area contributed by atoms with Crippen LogP contribution in [-0.4, -0.2) is 44.1 Å². The molecular formula is C16H17ClF2N2O3S2. The fourth-order valence-electron chi connectivity index (χ4n) is 2.96. The molecule has 1 aliphatic heterocycles. The Morgan fingerprint density at radius 1 is 1.19 bits per heavy atom. The molecule has 0 unspecified atom stereocenters. The number of amides is 1. The normalized spacial score (nSPS) is 20.2. The van der Waals surface area contributed by atoms with Gasteiger partial charge in [0.15, 0.2) is 0 Å². The van der Waals surface area contributed by atoms with E-state index in [1.54, 1.807) is 0 Å². The molecule has 5 nitrogen and oxygen atoms in total. The number of hydrogen-bond donors (Lipinski definition) is 1. The molecule has 1 fully saturated rings. The topological polar surface area (TPSA) is 80.5 Å². The Hall–Kier alpha value is -1.55. The van der Waals surface area contributed by atoms with Crippen LogP contribution >= 0.6 is 23.7 Å². The van der Waals surface area contributed by atoms with Crippen molar-refractivity contribution in [3.8, 4) is 0 Å². The molecule has 1 aromatic heterocycles. The summed E-state index contributed by atoms with van der Waals surface area (Å²) in [6, 6.07) is 10.2. The lowest BCUT2D eigenvalue weighted by atomic mass is 9.95. The number of likely N-dealkylation sites (tertiary alicyclic amines) is 1. The molecule has 2 N–H and O–H groups in total. The molecule has 2 atom stereocenters. The number of benzene rings is 1. The molecule has 3 rings (SSSR count). The second kappa shape index (κ2) is 7.99. The first-order valence-electron chi connectivity index (χ1n) is 7.51. The van der Waals surface area contributed by atoms with Crippen molar-refractivity contribution >= 4 is 39.5 Å². The molecule has 2 aromatic rings. The lowest BCUT2D eigenvalue weighted by Crippen LogP contribution is -2.32. The van der Waals surface area contributed by atoms with Gasteiger partial charge in [-0.2, -0.15) is 8.78 Å². The van der Waals surface area contributed by atoms with Gasteiger partial charge in [0, 0.05) is 25.0 Å². The standard InChI is InChI=1S/C16H16F2N2O3S2.ClH/c17-16(18)25(22,23)13-6-7-24-14(13)15(21)20-8-11(12(19)9-20)10-4-2-1-3-5-10;/h1-7,11-12,16H,8-9,19H2;1H/t11-,12+;/m0./s1. The lowest BCUT2D eigenvalue weighted by molar-refractivity contribution is 0.0790. The van der Waals surface area contributed by atoms with E-state index in [-0.39, 0.29) is 35.8 Å². The minimum atomic E-state index is -4.82. The van der Waals surface area contributed by atoms with Crippen LogP contribution in [0.25, 0.3) is 0 Å². The van der Waals surface area contributed by atoms with Gasteiger partial charge in [0.05, 0.1) is 4.90 Å². The lowest BCUT2D eigenvalue weighted by Gasteiger charge is -2.16. The fourth-order valence-corrected chi connectivity index (χ4v) is 5.09. The molecule has 10 heteroatoms. The molecule has 0 aliphatic carbocycles. The van der Waals surface area contributed by atoms with Gasteiger partial charge >= 0.3 is 5.76 Å². The zero-order chi connectivity index (χ0) is 18.2. The number of carbonyl (C=O) groups is 1. The van der Waals surface area contributed by atoms with Gasteiger partial charge in [-0.05, 0) is 17.0 Å². The number of thiophene rings is 1. The van der Waals surface area contributed by atoms with Crippen LogP contribution < -0.4 is 5.73 Å². The Kier molecular flexibility index (Phi) is 6.38. The molecule has 1 saturated heterocycles. The molecule has 142 valence electrons. The summed E-state index contributed by atoms with van der Waals surface area (Å²) in [7, 11) is -4.82. The Bertz CT molecular complexity index is 875. The van der Waals surface area contributed by atoms with E-state index in [1.807, 2.05) is 30.3 Å². The van der Waals surface area contributed by atoms with Crippen molar-refractivity contribution < 1.29 is 22.0 Å². The van der Waals surface area contributed by atoms with Crippen molar-refractivity contribution in [2.75, 3.05) is 13.1 Å². The van der Waals surface area contributed by atoms with Crippen LogP contribution in [0.3, 0.4) is 0 Å². The molecule has 26 heavy (non-hydrogen) atoms. The van der Waals surface area contributed by atoms with Crippen molar-refractivity contribution in [1.29, 1.82) is 0 Å². The zero-order valence-electron chi connectivity index (χ0n) is 13.4. The zero-order valence-corrected chi connectivity index (χ0v) is 15.9. The summed E-state index contributed by atoms with van der Waals surface area (Å²) in [6.45, 7) is 0.556. The number of rotatable bonds is 4. The summed E-state index contributed by atoms with van der Waals surface area (Å²) < 4.78 is 49.1. The highest BCUT2D eigenvalue weighted by Crippen LogP contribution is 2.32. The average Bonchev–Trinajstić information content (AvgIpc) is 3.22. The summed E-state index contributed by atoms with van der Waals surface area (Å²) in [5, 5.41) is 1.33. The molecule has 0 spiro atoms. The van der Waals surface area contributed by atoms with Crippen molar-refractivity contribution in [3.05, 3.63) is 52.2 Å². The van der Waals surface area contributed by atoms with Gasteiger partial charge in [-0.15, -0.1) is 23.7 Å². The van der Waals surface area contributed by atoms with Crippen LogP contribution in [0, 0.1) is 0 Å². The van der Waals surface area contributed by atoms with Crippen molar-refractivity contribution in [2.24, 2.45) is 5.73 Å². The number of carbonyl (C=O) groups excluding carboxylic acids is 1. The summed E-state index contributed by atoms with van der Waals surface area (Å²) >= 11 is 0.843. The summed E-state index contributed by atoms with van der Waals surface area (Å²) in [4.78, 5) is 13.3. The Labute approximate surface area is 160 Å². The van der Waals surface area contributed by atoms with Crippen molar-refractivity contribution in [3.63, 3.8) is 0 Å². The quantitative estimate of drug-likeness (QED) is 0.821. The van der Waals surface area contributed by atoms with E-state index in [9.17, 15) is 22.0 Å². The highest BCUT2D eigenvalue weighted by Gasteiger charge is 2.38. The van der Waals surface area contributed by atoms with Gasteiger partial charge in [0.25, 0.3) is 5.91 Å². The van der Waals surface area contributed by atoms with Crippen molar-refractivity contribution in [2.45, 2.75) is 22.6 Å². The van der Waals surface area contributed by atoms with Gasteiger partial charge in [0.2, 0.25) is 9.84 Å². The van der Waals surface area contributed by atoms with Crippen LogP contribution in [0.15, 0.2) is 46.7 Å². The molecule has 1 aliphatic rings. The molecule has 1 amide bonds. The SMILES string of the molecule is Cl.N[C@@H]1CN(C(=O)c2sccc2S(=O)(=O)C(F)F)C[C@H]1c1ccccc1. The number of sulfone groups is 1. The average molecular weight is 423 g/mol. The third-order valence-electron chi connectivity index (χ3n) is 4.24. The van der Waals surface area contributed by atoms with E-state index >= 15 is 0 Å². The summed E-state index contributed by atoms with van der Waals surface area (Å²) in [5.74, 6) is -4.23. The van der Waals surface area contributed by atoms with Crippen LogP contribution in [0.2, 0.25) is 0 Å². The predicted molar refractivity (Wildman–Crippen MR) is 97.8 cm³/mol. The van der Waals surface area contributed by atoms with E-state index in [0.717, 1.165) is 23.0 Å². The highest BCUT2D eigenvalue weighted by atomic mass is 35.5. The van der Waals surface area contributed by atoms with Gasteiger partial charge in [-0.3, -0.25) is 4.79 Å². The minimum absolute atomic E-state index is 0. The predicted octanol–water partition coefficient (Wildman–Crippen LogP) is 2.73. The first-order chi connectivity index (χ1) is 11.8. The number of nitrogens with zero attached hydrogens (tertiary/aromatic N) is 1. The van der Waals surface area contributed by atoms with Gasteiger partial charge in [-0.25, -0.2) is 8.42 Å². The third kappa shape index (κ3) is 3.75. The molecule has 0 radical (unpaired) electrons. The smallest absolute Gasteiger partial charge is 0.336 e. The number of nitrogens with two attached hydrogens (primary N) is 1. The fraction of sp³-hybridized carbons (Fsp3) is 0.312. The van der Waals surface area contributed by atoms with E-state index < -0.39 is 26.4 Å². The molecular weight excluding hydrogens is 406 g/mol. The van der Waals surface area contributed by atoms with Gasteiger partial charge in [0.1, 0.15) is 4.88 Å². The Morgan fingerprint density at radius 2 is 1.85 bits per heavy atom. The largest absolute Gasteiger partial charge is 0.341 e. The van der Waals surface area contributed by atoms with E-state index in [0.29, 0.717) is 6.54 Å². The maximum absolute atomic E-state index is 12.8. The second-order valence-electron chi connectivity index (χ2n) is 5.81. The second-order valence-corrected chi connectivity index (χ2v) is 8.61. The first-order valence-corrected chi connectivity index (χ1v) is 9.94. The van der Waals surface area contributed by atoms with Crippen LogP contribution in [0.5, 0.6) is 0 Å². The molecule has 1 aromatic carbocycles. The summed E-state index contributed by atoms with van der Waals surface area (Å²) in [6.07, 6.45) is 0. The summed E-state index contributed by atoms with van der Waals surface area (Å²) in [5.41, 5.74) is 7.12. The van der Waals surface area contributed by atoms with Gasteiger partial charge in [-0.1, -0.05) is 30.3 Å². The minimum Gasteiger partial charge on any atom is -0.336 e. The third-order valence-corrected chi connectivity index (χ3v) is 6.70. The molecule has 2 heterocycles. The maximum atomic E-state index is 12.8. The first kappa shape index (κ1) is 20.8. The van der Waals surface area contributed by atoms with Crippen LogP contribution in [0.4, 0.5) is 8.78 Å². The number of hydrogen-bond acceptors (Lipinski definition) is 5. The van der Waals surface area contributed by atoms with Crippen molar-refractivity contribution in [1.82, 2.24) is 4.90 Å².